The second-order valence-corrected chi connectivity index (χ2v) is 44.9. The number of hydrogen-bond donors (Lipinski definition) is 10. The van der Waals surface area contributed by atoms with Gasteiger partial charge in [0.05, 0.1) is 22.8 Å². The van der Waals surface area contributed by atoms with Crippen molar-refractivity contribution in [2.75, 3.05) is 0 Å². The standard InChI is InChI=1S/C100H134N12O8/c1-89(2,3)53-45-57(81(113)105-93(13,14)15)73(58(46-53)82(114)106-94(16,17)18)77-65-37-39-67(101-65)78(74-59(83(115)107-95(19,20)21)47-54(90(4,5)6)48-60(74)84(116)108-96(22,23)24)69-41-43-71(103-69)80(76-63(87(119)111-99(31,32)33)51-56(92(10,11)12)52-64(76)88(120)112-100(34,35)36)72-44-42-70(104-72)79(68-40-38-66(77)102-68)75-61(85(117)109-97(25,26)27)49-55(91(7,8)9)50-62(75)86(118)110-98(28,29)30/h37-52,101,104H,1-36H3,(H,105,113)(H,106,114)(H,107,115)(H,108,116)(H,109,117)(H,110,118)(H,111,119)(H,112,120). The lowest BCUT2D eigenvalue weighted by molar-refractivity contribution is 0.0903. The lowest BCUT2D eigenvalue weighted by Gasteiger charge is -2.28. The van der Waals surface area contributed by atoms with Gasteiger partial charge < -0.3 is 52.5 Å². The number of aromatic nitrogens is 4. The van der Waals surface area contributed by atoms with E-state index in [1.165, 1.54) is 0 Å². The van der Waals surface area contributed by atoms with Crippen molar-refractivity contribution in [3.05, 3.63) is 162 Å². The average Bonchev–Trinajstić information content (AvgIpc) is 1.53. The maximum Gasteiger partial charge on any atom is 0.252 e. The Bertz CT molecular complexity index is 4720. The molecule has 642 valence electrons. The SMILES string of the molecule is CC(C)(C)NC(=O)c1cc(C(C)(C)C)cc(C(=O)NC(C)(C)C)c1-c1c2nc(c(-c3c(C(=O)NC(C)(C)C)cc(C(C)(C)C)cc3C(=O)NC(C)(C)C)c3ccc([nH]3)c(-c3c(C(=O)NC(C)(C)C)cc(C(C)(C)C)cc3C(=O)NC(C)(C)C)c3nc(c(-c4c(C(=O)NC(C)(C)C)cc(C(C)(C)C)cc4C(=O)NC(C)(C)C)c4ccc1[nH]4)C=C3)C=C2. The normalized spacial score (nSPS) is 13.4. The first-order valence-electron chi connectivity index (χ1n) is 41.8. The highest BCUT2D eigenvalue weighted by Crippen LogP contribution is 2.47. The molecule has 0 aliphatic carbocycles. The molecule has 7 aromatic rings. The number of hydrogen-bond acceptors (Lipinski definition) is 10. The molecule has 20 heteroatoms. The second kappa shape index (κ2) is 32.0. The van der Waals surface area contributed by atoms with Gasteiger partial charge in [0.2, 0.25) is 0 Å². The molecule has 4 aromatic carbocycles. The number of carbonyl (C=O) groups is 8. The number of fused-ring (bicyclic) bond motifs is 8. The number of carbonyl (C=O) groups excluding carboxylic acids is 8. The third kappa shape index (κ3) is 22.2. The van der Waals surface area contributed by atoms with Gasteiger partial charge in [-0.25, -0.2) is 9.97 Å². The van der Waals surface area contributed by atoms with E-state index in [0.29, 0.717) is 44.3 Å². The number of nitrogens with one attached hydrogen (secondary N) is 10. The summed E-state index contributed by atoms with van der Waals surface area (Å²) in [7, 11) is 0. The minimum absolute atomic E-state index is 0.121. The van der Waals surface area contributed by atoms with E-state index >= 15 is 38.4 Å². The molecule has 0 radical (unpaired) electrons. The largest absolute Gasteiger partial charge is 0.354 e. The summed E-state index contributed by atoms with van der Waals surface area (Å²) in [6.07, 6.45) is 7.14. The van der Waals surface area contributed by atoms with Gasteiger partial charge in [-0.1, -0.05) is 83.1 Å². The van der Waals surface area contributed by atoms with Crippen LogP contribution in [0.5, 0.6) is 0 Å². The molecule has 9 rings (SSSR count). The van der Waals surface area contributed by atoms with E-state index in [2.05, 4.69) is 52.5 Å². The molecule has 0 saturated heterocycles. The third-order valence-corrected chi connectivity index (χ3v) is 19.6. The number of H-pyrrole nitrogens is 2. The highest BCUT2D eigenvalue weighted by atomic mass is 16.2. The highest BCUT2D eigenvalue weighted by molar-refractivity contribution is 6.19. The molecule has 0 unspecified atom stereocenters. The van der Waals surface area contributed by atoms with E-state index in [-0.39, 0.29) is 112 Å². The predicted octanol–water partition coefficient (Wildman–Crippen LogP) is 20.7. The van der Waals surface area contributed by atoms with Crippen LogP contribution in [0.2, 0.25) is 0 Å². The van der Waals surface area contributed by atoms with Crippen LogP contribution in [-0.4, -0.2) is 112 Å². The Morgan fingerprint density at radius 1 is 0.208 bits per heavy atom. The highest BCUT2D eigenvalue weighted by Gasteiger charge is 2.39. The lowest BCUT2D eigenvalue weighted by Crippen LogP contribution is -2.42. The molecule has 8 bridgehead atoms. The third-order valence-electron chi connectivity index (χ3n) is 19.6. The Morgan fingerprint density at radius 2 is 0.333 bits per heavy atom. The zero-order valence-corrected chi connectivity index (χ0v) is 78.4. The van der Waals surface area contributed by atoms with Gasteiger partial charge in [0, 0.05) is 155 Å². The molecule has 20 nitrogen and oxygen atoms in total. The predicted molar refractivity (Wildman–Crippen MR) is 493 cm³/mol. The van der Waals surface area contributed by atoms with Gasteiger partial charge in [0.25, 0.3) is 47.3 Å². The second-order valence-electron chi connectivity index (χ2n) is 44.9. The van der Waals surface area contributed by atoms with Gasteiger partial charge in [-0.3, -0.25) is 38.4 Å². The van der Waals surface area contributed by atoms with E-state index in [0.717, 1.165) is 0 Å². The fraction of sp³-hybridized carbons (Fsp3) is 0.480. The van der Waals surface area contributed by atoms with Crippen molar-refractivity contribution < 1.29 is 38.4 Å². The molecular formula is C100H134N12O8. The average molecular weight is 1630 g/mol. The summed E-state index contributed by atoms with van der Waals surface area (Å²) < 4.78 is 0. The quantitative estimate of drug-likeness (QED) is 0.0552. The molecule has 8 amide bonds. The monoisotopic (exact) mass is 1630 g/mol. The molecule has 0 fully saturated rings. The molecular weight excluding hydrogens is 1500 g/mol. The van der Waals surface area contributed by atoms with Crippen molar-refractivity contribution in [3.63, 3.8) is 0 Å². The minimum Gasteiger partial charge on any atom is -0.354 e. The van der Waals surface area contributed by atoms with Gasteiger partial charge in [0.1, 0.15) is 0 Å². The van der Waals surface area contributed by atoms with E-state index in [1.54, 1.807) is 24.3 Å². The maximum atomic E-state index is 16.1. The van der Waals surface area contributed by atoms with Crippen molar-refractivity contribution >= 4 is 93.6 Å². The Morgan fingerprint density at radius 3 is 0.442 bits per heavy atom. The first-order valence-corrected chi connectivity index (χ1v) is 41.8. The van der Waals surface area contributed by atoms with Crippen LogP contribution in [-0.2, 0) is 21.7 Å². The van der Waals surface area contributed by atoms with Crippen LogP contribution in [0.15, 0.2) is 72.8 Å². The zero-order chi connectivity index (χ0) is 90.6. The number of nitrogens with zero attached hydrogens (tertiary/aromatic N) is 2. The van der Waals surface area contributed by atoms with Gasteiger partial charge in [-0.2, -0.15) is 0 Å². The topological polar surface area (TPSA) is 290 Å². The first-order chi connectivity index (χ1) is 54.3. The Labute approximate surface area is 712 Å². The summed E-state index contributed by atoms with van der Waals surface area (Å²) >= 11 is 0. The maximum absolute atomic E-state index is 16.1. The summed E-state index contributed by atoms with van der Waals surface area (Å²) in [4.78, 5) is 148. The van der Waals surface area contributed by atoms with E-state index in [1.807, 2.05) is 322 Å². The lowest BCUT2D eigenvalue weighted by atomic mass is 9.81. The van der Waals surface area contributed by atoms with Gasteiger partial charge in [-0.15, -0.1) is 0 Å². The van der Waals surface area contributed by atoms with Crippen molar-refractivity contribution in [2.45, 2.75) is 315 Å². The Hall–Kier alpha value is -10.8. The zero-order valence-electron chi connectivity index (χ0n) is 78.4. The summed E-state index contributed by atoms with van der Waals surface area (Å²) in [5.41, 5.74) is -1.93. The molecule has 2 aliphatic rings. The van der Waals surface area contributed by atoms with Crippen molar-refractivity contribution in [2.24, 2.45) is 0 Å². The van der Waals surface area contributed by atoms with Crippen LogP contribution < -0.4 is 42.5 Å². The van der Waals surface area contributed by atoms with Crippen LogP contribution in [0.4, 0.5) is 0 Å². The Balaban J connectivity index is 1.79. The van der Waals surface area contributed by atoms with Gasteiger partial charge in [0.15, 0.2) is 0 Å². The van der Waals surface area contributed by atoms with Crippen LogP contribution in [0.3, 0.4) is 0 Å². The summed E-state index contributed by atoms with van der Waals surface area (Å²) in [5.74, 6) is -4.09. The minimum atomic E-state index is -0.828. The van der Waals surface area contributed by atoms with E-state index in [4.69, 9.17) is 9.97 Å². The number of aromatic amines is 2. The molecule has 10 N–H and O–H groups in total. The van der Waals surface area contributed by atoms with Crippen LogP contribution in [0.1, 0.15) is 377 Å². The summed E-state index contributed by atoms with van der Waals surface area (Å²) in [6, 6.07) is 21.8. The smallest absolute Gasteiger partial charge is 0.252 e. The van der Waals surface area contributed by atoms with Crippen molar-refractivity contribution in [3.8, 4) is 44.5 Å². The number of amides is 8. The van der Waals surface area contributed by atoms with Gasteiger partial charge in [-0.05, 0) is 307 Å². The fourth-order valence-corrected chi connectivity index (χ4v) is 14.3. The van der Waals surface area contributed by atoms with Crippen LogP contribution in [0.25, 0.3) is 90.9 Å². The van der Waals surface area contributed by atoms with E-state index < -0.39 is 113 Å². The molecule has 2 aliphatic heterocycles. The number of rotatable bonds is 12. The van der Waals surface area contributed by atoms with Crippen LogP contribution in [0, 0.1) is 0 Å². The molecule has 3 aromatic heterocycles. The molecule has 0 spiro atoms. The summed E-state index contributed by atoms with van der Waals surface area (Å²) in [5, 5.41) is 26.0. The van der Waals surface area contributed by atoms with Crippen LogP contribution >= 0.6 is 0 Å². The van der Waals surface area contributed by atoms with Crippen molar-refractivity contribution in [1.82, 2.24) is 62.5 Å². The Kier molecular flexibility index (Phi) is 24.8. The van der Waals surface area contributed by atoms with E-state index in [9.17, 15) is 0 Å². The number of benzene rings is 4. The molecule has 5 heterocycles. The van der Waals surface area contributed by atoms with Crippen molar-refractivity contribution in [1.29, 1.82) is 0 Å². The molecule has 120 heavy (non-hydrogen) atoms. The fourth-order valence-electron chi connectivity index (χ4n) is 14.3. The molecule has 0 saturated carbocycles. The molecule has 0 atom stereocenters. The summed E-state index contributed by atoms with van der Waals surface area (Å²) in [6.45, 7) is 69.3. The van der Waals surface area contributed by atoms with Gasteiger partial charge >= 0.3 is 0 Å². The first kappa shape index (κ1) is 93.1.